The number of hydrogen-bond donors (Lipinski definition) is 1. The summed E-state index contributed by atoms with van der Waals surface area (Å²) in [6.07, 6.45) is 4.02. The fourth-order valence-electron chi connectivity index (χ4n) is 2.53. The zero-order chi connectivity index (χ0) is 15.6. The molecule has 0 radical (unpaired) electrons. The molecule has 0 unspecified atom stereocenters. The molecule has 0 bridgehead atoms. The van der Waals surface area contributed by atoms with E-state index in [2.05, 4.69) is 22.5 Å². The molecule has 1 saturated carbocycles. The maximum absolute atomic E-state index is 12.5. The van der Waals surface area contributed by atoms with E-state index in [0.29, 0.717) is 18.2 Å². The zero-order valence-electron chi connectivity index (χ0n) is 12.6. The topological polar surface area (TPSA) is 46.9 Å². The first kappa shape index (κ1) is 14.2. The lowest BCUT2D eigenvalue weighted by Gasteiger charge is -2.01. The second-order valence-corrected chi connectivity index (χ2v) is 6.75. The smallest absolute Gasteiger partial charge is 0.255 e. The van der Waals surface area contributed by atoms with Gasteiger partial charge in [-0.1, -0.05) is 36.4 Å². The molecule has 4 nitrogen and oxygen atoms in total. The van der Waals surface area contributed by atoms with E-state index in [-0.39, 0.29) is 5.91 Å². The van der Waals surface area contributed by atoms with Crippen LogP contribution in [0.15, 0.2) is 54.0 Å². The molecule has 0 aliphatic heterocycles. The van der Waals surface area contributed by atoms with Gasteiger partial charge >= 0.3 is 0 Å². The molecule has 0 spiro atoms. The molecular formula is C18H17N3OS. The van der Waals surface area contributed by atoms with Crippen molar-refractivity contribution in [2.45, 2.75) is 25.4 Å². The van der Waals surface area contributed by atoms with Crippen molar-refractivity contribution in [1.82, 2.24) is 15.1 Å². The minimum absolute atomic E-state index is 0.0183. The van der Waals surface area contributed by atoms with Gasteiger partial charge < -0.3 is 5.32 Å². The Morgan fingerprint density at radius 2 is 2.04 bits per heavy atom. The Kier molecular flexibility index (Phi) is 3.71. The Morgan fingerprint density at radius 1 is 1.22 bits per heavy atom. The van der Waals surface area contributed by atoms with Gasteiger partial charge in [0, 0.05) is 12.2 Å². The average Bonchev–Trinajstić information content (AvgIpc) is 3.05. The molecule has 4 rings (SSSR count). The van der Waals surface area contributed by atoms with Crippen LogP contribution in [0.1, 0.15) is 28.8 Å². The Labute approximate surface area is 138 Å². The standard InChI is InChI=1S/C18H17N3OS/c22-18(19-14-8-9-14)15-12-21(11-13-5-2-1-3-6-13)20-17(15)16-7-4-10-23-16/h1-7,10,12,14H,8-9,11H2,(H,19,22). The number of rotatable bonds is 5. The average molecular weight is 323 g/mol. The van der Waals surface area contributed by atoms with E-state index < -0.39 is 0 Å². The van der Waals surface area contributed by atoms with E-state index in [4.69, 9.17) is 0 Å². The highest BCUT2D eigenvalue weighted by Gasteiger charge is 2.26. The second kappa shape index (κ2) is 6.01. The molecule has 1 fully saturated rings. The Balaban J connectivity index is 1.66. The molecule has 1 aliphatic carbocycles. The summed E-state index contributed by atoms with van der Waals surface area (Å²) >= 11 is 1.61. The van der Waals surface area contributed by atoms with Crippen LogP contribution in [0.2, 0.25) is 0 Å². The van der Waals surface area contributed by atoms with Crippen LogP contribution in [0.25, 0.3) is 10.6 Å². The van der Waals surface area contributed by atoms with Crippen molar-refractivity contribution in [3.8, 4) is 10.6 Å². The van der Waals surface area contributed by atoms with Crippen LogP contribution >= 0.6 is 11.3 Å². The molecule has 0 saturated heterocycles. The highest BCUT2D eigenvalue weighted by Crippen LogP contribution is 2.28. The molecule has 1 aromatic carbocycles. The SMILES string of the molecule is O=C(NC1CC1)c1cn(Cc2ccccc2)nc1-c1cccs1. The number of carbonyl (C=O) groups excluding carboxylic acids is 1. The lowest BCUT2D eigenvalue weighted by Crippen LogP contribution is -2.25. The van der Waals surface area contributed by atoms with E-state index >= 15 is 0 Å². The summed E-state index contributed by atoms with van der Waals surface area (Å²) < 4.78 is 1.85. The fraction of sp³-hybridized carbons (Fsp3) is 0.222. The summed E-state index contributed by atoms with van der Waals surface area (Å²) in [5, 5.41) is 9.73. The molecule has 3 aromatic rings. The van der Waals surface area contributed by atoms with Gasteiger partial charge in [0.2, 0.25) is 0 Å². The molecule has 0 atom stereocenters. The van der Waals surface area contributed by atoms with Gasteiger partial charge in [0.25, 0.3) is 5.91 Å². The summed E-state index contributed by atoms with van der Waals surface area (Å²) in [5.41, 5.74) is 2.60. The molecule has 116 valence electrons. The van der Waals surface area contributed by atoms with E-state index in [9.17, 15) is 4.79 Å². The third-order valence-corrected chi connectivity index (χ3v) is 4.74. The van der Waals surface area contributed by atoms with Crippen molar-refractivity contribution in [1.29, 1.82) is 0 Å². The van der Waals surface area contributed by atoms with Gasteiger partial charge in [0.05, 0.1) is 17.0 Å². The van der Waals surface area contributed by atoms with Gasteiger partial charge in [0.15, 0.2) is 0 Å². The minimum atomic E-state index is -0.0183. The predicted octanol–water partition coefficient (Wildman–Crippen LogP) is 3.55. The Bertz CT molecular complexity index is 804. The fourth-order valence-corrected chi connectivity index (χ4v) is 3.25. The van der Waals surface area contributed by atoms with E-state index in [1.807, 2.05) is 46.6 Å². The van der Waals surface area contributed by atoms with Crippen molar-refractivity contribution in [3.63, 3.8) is 0 Å². The number of benzene rings is 1. The van der Waals surface area contributed by atoms with E-state index in [1.54, 1.807) is 11.3 Å². The van der Waals surface area contributed by atoms with Crippen molar-refractivity contribution >= 4 is 17.2 Å². The number of carbonyl (C=O) groups is 1. The van der Waals surface area contributed by atoms with Crippen LogP contribution in [0.4, 0.5) is 0 Å². The maximum Gasteiger partial charge on any atom is 0.255 e. The second-order valence-electron chi connectivity index (χ2n) is 5.80. The number of nitrogens with zero attached hydrogens (tertiary/aromatic N) is 2. The monoisotopic (exact) mass is 323 g/mol. The van der Waals surface area contributed by atoms with Gasteiger partial charge in [-0.05, 0) is 29.9 Å². The Morgan fingerprint density at radius 3 is 2.74 bits per heavy atom. The van der Waals surface area contributed by atoms with Crippen LogP contribution in [-0.4, -0.2) is 21.7 Å². The first-order valence-electron chi connectivity index (χ1n) is 7.76. The summed E-state index contributed by atoms with van der Waals surface area (Å²) in [6.45, 7) is 0.663. The molecule has 5 heteroatoms. The van der Waals surface area contributed by atoms with Crippen LogP contribution in [0, 0.1) is 0 Å². The number of amides is 1. The van der Waals surface area contributed by atoms with Gasteiger partial charge in [-0.3, -0.25) is 9.48 Å². The van der Waals surface area contributed by atoms with E-state index in [0.717, 1.165) is 23.4 Å². The normalized spacial score (nSPS) is 13.9. The van der Waals surface area contributed by atoms with Crippen LogP contribution in [-0.2, 0) is 6.54 Å². The maximum atomic E-state index is 12.5. The van der Waals surface area contributed by atoms with Crippen molar-refractivity contribution < 1.29 is 4.79 Å². The molecule has 23 heavy (non-hydrogen) atoms. The zero-order valence-corrected chi connectivity index (χ0v) is 13.4. The van der Waals surface area contributed by atoms with Gasteiger partial charge in [-0.2, -0.15) is 5.10 Å². The molecular weight excluding hydrogens is 306 g/mol. The first-order chi connectivity index (χ1) is 11.3. The number of hydrogen-bond acceptors (Lipinski definition) is 3. The van der Waals surface area contributed by atoms with Crippen LogP contribution in [0.5, 0.6) is 0 Å². The van der Waals surface area contributed by atoms with Crippen molar-refractivity contribution in [2.75, 3.05) is 0 Å². The Hall–Kier alpha value is -2.40. The van der Waals surface area contributed by atoms with Crippen LogP contribution < -0.4 is 5.32 Å². The predicted molar refractivity (Wildman–Crippen MR) is 91.6 cm³/mol. The lowest BCUT2D eigenvalue weighted by atomic mass is 10.2. The molecule has 1 aliphatic rings. The van der Waals surface area contributed by atoms with Gasteiger partial charge in [0.1, 0.15) is 5.69 Å². The molecule has 2 aromatic heterocycles. The summed E-state index contributed by atoms with van der Waals surface area (Å²) in [4.78, 5) is 13.5. The first-order valence-corrected chi connectivity index (χ1v) is 8.64. The highest BCUT2D eigenvalue weighted by atomic mass is 32.1. The molecule has 2 heterocycles. The molecule has 1 amide bonds. The number of nitrogens with one attached hydrogen (secondary N) is 1. The number of aromatic nitrogens is 2. The lowest BCUT2D eigenvalue weighted by molar-refractivity contribution is 0.0951. The highest BCUT2D eigenvalue weighted by molar-refractivity contribution is 7.13. The van der Waals surface area contributed by atoms with Crippen molar-refractivity contribution in [2.24, 2.45) is 0 Å². The number of thiophene rings is 1. The summed E-state index contributed by atoms with van der Waals surface area (Å²) in [6, 6.07) is 14.5. The van der Waals surface area contributed by atoms with Gasteiger partial charge in [-0.25, -0.2) is 0 Å². The third-order valence-electron chi connectivity index (χ3n) is 3.86. The third kappa shape index (κ3) is 3.19. The molecule has 1 N–H and O–H groups in total. The van der Waals surface area contributed by atoms with E-state index in [1.165, 1.54) is 5.56 Å². The largest absolute Gasteiger partial charge is 0.349 e. The van der Waals surface area contributed by atoms with Crippen LogP contribution in [0.3, 0.4) is 0 Å². The van der Waals surface area contributed by atoms with Crippen molar-refractivity contribution in [3.05, 3.63) is 65.2 Å². The summed E-state index contributed by atoms with van der Waals surface area (Å²) in [5.74, 6) is -0.0183. The summed E-state index contributed by atoms with van der Waals surface area (Å²) in [7, 11) is 0. The quantitative estimate of drug-likeness (QED) is 0.780. The minimum Gasteiger partial charge on any atom is -0.349 e. The van der Waals surface area contributed by atoms with Gasteiger partial charge in [-0.15, -0.1) is 11.3 Å².